The van der Waals surface area contributed by atoms with Crippen molar-refractivity contribution in [1.29, 1.82) is 0 Å². The summed E-state index contributed by atoms with van der Waals surface area (Å²) in [6.45, 7) is 4.60. The summed E-state index contributed by atoms with van der Waals surface area (Å²) in [6.07, 6.45) is 5.88. The van der Waals surface area contributed by atoms with E-state index in [1.54, 1.807) is 0 Å². The fraction of sp³-hybridized carbons (Fsp3) is 0.667. The van der Waals surface area contributed by atoms with E-state index < -0.39 is 0 Å². The molecule has 114 valence electrons. The van der Waals surface area contributed by atoms with Gasteiger partial charge in [-0.3, -0.25) is 0 Å². The molecule has 0 aromatic heterocycles. The summed E-state index contributed by atoms with van der Waals surface area (Å²) in [5, 5.41) is 3.74. The van der Waals surface area contributed by atoms with E-state index in [1.165, 1.54) is 31.2 Å². The Kier molecular flexibility index (Phi) is 3.54. The lowest BCUT2D eigenvalue weighted by molar-refractivity contribution is 0.171. The fourth-order valence-corrected chi connectivity index (χ4v) is 4.53. The maximum Gasteiger partial charge on any atom is 0.161 e. The molecule has 1 aromatic carbocycles. The number of nitrogens with one attached hydrogen (secondary N) is 1. The first-order valence-electron chi connectivity index (χ1n) is 8.41. The van der Waals surface area contributed by atoms with E-state index in [0.29, 0.717) is 19.3 Å². The van der Waals surface area contributed by atoms with Crippen LogP contribution in [0.1, 0.15) is 38.2 Å². The van der Waals surface area contributed by atoms with Crippen LogP contribution in [-0.4, -0.2) is 19.3 Å². The Morgan fingerprint density at radius 1 is 1.14 bits per heavy atom. The third-order valence-corrected chi connectivity index (χ3v) is 5.67. The summed E-state index contributed by atoms with van der Waals surface area (Å²) < 4.78 is 11.2. The van der Waals surface area contributed by atoms with Crippen molar-refractivity contribution in [1.82, 2.24) is 5.32 Å². The molecule has 4 rings (SSSR count). The van der Waals surface area contributed by atoms with Crippen molar-refractivity contribution < 1.29 is 9.47 Å². The Morgan fingerprint density at radius 3 is 2.76 bits per heavy atom. The molecule has 1 aliphatic heterocycles. The van der Waals surface area contributed by atoms with Crippen LogP contribution in [0.15, 0.2) is 18.2 Å². The molecular formula is C18H25NO2. The van der Waals surface area contributed by atoms with Crippen LogP contribution in [0.5, 0.6) is 11.5 Å². The molecule has 4 atom stereocenters. The molecule has 4 unspecified atom stereocenters. The number of ether oxygens (including phenoxy) is 2. The van der Waals surface area contributed by atoms with Crippen molar-refractivity contribution >= 4 is 0 Å². The van der Waals surface area contributed by atoms with Gasteiger partial charge < -0.3 is 14.8 Å². The minimum atomic E-state index is 0.619. The van der Waals surface area contributed by atoms with E-state index in [4.69, 9.17) is 9.47 Å². The molecule has 2 aliphatic carbocycles. The van der Waals surface area contributed by atoms with Crippen LogP contribution >= 0.6 is 0 Å². The maximum atomic E-state index is 5.66. The lowest BCUT2D eigenvalue weighted by atomic mass is 9.84. The average Bonchev–Trinajstić information content (AvgIpc) is 3.15. The summed E-state index contributed by atoms with van der Waals surface area (Å²) in [6, 6.07) is 6.92. The molecule has 1 aromatic rings. The Hall–Kier alpha value is -1.22. The molecule has 2 bridgehead atoms. The van der Waals surface area contributed by atoms with Crippen LogP contribution in [0.4, 0.5) is 0 Å². The first kappa shape index (κ1) is 13.4. The zero-order chi connectivity index (χ0) is 14.2. The highest BCUT2D eigenvalue weighted by Gasteiger charge is 2.41. The summed E-state index contributed by atoms with van der Waals surface area (Å²) in [7, 11) is 0. The SMILES string of the molecule is CC(NCc1ccc2c(c1)OCCO2)C1CC2CCC1C2. The highest BCUT2D eigenvalue weighted by atomic mass is 16.6. The van der Waals surface area contributed by atoms with E-state index in [9.17, 15) is 0 Å². The fourth-order valence-electron chi connectivity index (χ4n) is 4.53. The Morgan fingerprint density at radius 2 is 2.00 bits per heavy atom. The molecule has 1 heterocycles. The first-order valence-corrected chi connectivity index (χ1v) is 8.41. The number of benzene rings is 1. The van der Waals surface area contributed by atoms with E-state index in [-0.39, 0.29) is 0 Å². The van der Waals surface area contributed by atoms with Gasteiger partial charge in [-0.25, -0.2) is 0 Å². The van der Waals surface area contributed by atoms with E-state index in [1.807, 2.05) is 6.07 Å². The molecule has 3 heteroatoms. The van der Waals surface area contributed by atoms with Crippen LogP contribution < -0.4 is 14.8 Å². The van der Waals surface area contributed by atoms with Crippen molar-refractivity contribution in [2.24, 2.45) is 17.8 Å². The molecular weight excluding hydrogens is 262 g/mol. The largest absolute Gasteiger partial charge is 0.486 e. The van der Waals surface area contributed by atoms with Crippen molar-refractivity contribution in [3.8, 4) is 11.5 Å². The minimum Gasteiger partial charge on any atom is -0.486 e. The standard InChI is InChI=1S/C18H25NO2/c1-12(16-9-13-2-4-15(16)8-13)19-11-14-3-5-17-18(10-14)21-7-6-20-17/h3,5,10,12-13,15-16,19H,2,4,6-9,11H2,1H3. The third kappa shape index (κ3) is 2.64. The Labute approximate surface area is 127 Å². The number of fused-ring (bicyclic) bond motifs is 3. The molecule has 2 fully saturated rings. The van der Waals surface area contributed by atoms with Gasteiger partial charge in [-0.05, 0) is 61.6 Å². The molecule has 2 saturated carbocycles. The van der Waals surface area contributed by atoms with Crippen LogP contribution in [-0.2, 0) is 6.54 Å². The summed E-state index contributed by atoms with van der Waals surface area (Å²) in [4.78, 5) is 0. The molecule has 0 saturated heterocycles. The molecule has 0 radical (unpaired) electrons. The third-order valence-electron chi connectivity index (χ3n) is 5.67. The smallest absolute Gasteiger partial charge is 0.161 e. The van der Waals surface area contributed by atoms with E-state index in [0.717, 1.165) is 35.8 Å². The van der Waals surface area contributed by atoms with Gasteiger partial charge in [0.1, 0.15) is 13.2 Å². The van der Waals surface area contributed by atoms with Crippen LogP contribution in [0.25, 0.3) is 0 Å². The van der Waals surface area contributed by atoms with Crippen LogP contribution in [0.3, 0.4) is 0 Å². The van der Waals surface area contributed by atoms with Gasteiger partial charge in [0, 0.05) is 12.6 Å². The molecule has 21 heavy (non-hydrogen) atoms. The topological polar surface area (TPSA) is 30.5 Å². The molecule has 0 amide bonds. The highest BCUT2D eigenvalue weighted by Crippen LogP contribution is 2.49. The van der Waals surface area contributed by atoms with Gasteiger partial charge in [0.15, 0.2) is 11.5 Å². The second kappa shape index (κ2) is 5.53. The van der Waals surface area contributed by atoms with Crippen molar-refractivity contribution in [3.63, 3.8) is 0 Å². The molecule has 0 spiro atoms. The Bertz CT molecular complexity index is 516. The Balaban J connectivity index is 1.36. The van der Waals surface area contributed by atoms with Crippen molar-refractivity contribution in [2.75, 3.05) is 13.2 Å². The van der Waals surface area contributed by atoms with Gasteiger partial charge in [-0.2, -0.15) is 0 Å². The predicted molar refractivity (Wildman–Crippen MR) is 82.7 cm³/mol. The number of rotatable bonds is 4. The summed E-state index contributed by atoms with van der Waals surface area (Å²) >= 11 is 0. The summed E-state index contributed by atoms with van der Waals surface area (Å²) in [5.74, 6) is 4.68. The van der Waals surface area contributed by atoms with Gasteiger partial charge in [0.25, 0.3) is 0 Å². The second-order valence-electron chi connectivity index (χ2n) is 6.99. The normalized spacial score (nSPS) is 31.4. The maximum absolute atomic E-state index is 5.66. The zero-order valence-electron chi connectivity index (χ0n) is 12.8. The van der Waals surface area contributed by atoms with E-state index in [2.05, 4.69) is 24.4 Å². The minimum absolute atomic E-state index is 0.619. The quantitative estimate of drug-likeness (QED) is 0.921. The van der Waals surface area contributed by atoms with Crippen LogP contribution in [0, 0.1) is 17.8 Å². The van der Waals surface area contributed by atoms with Crippen LogP contribution in [0.2, 0.25) is 0 Å². The number of hydrogen-bond donors (Lipinski definition) is 1. The van der Waals surface area contributed by atoms with Gasteiger partial charge in [0.05, 0.1) is 0 Å². The van der Waals surface area contributed by atoms with E-state index >= 15 is 0 Å². The average molecular weight is 287 g/mol. The van der Waals surface area contributed by atoms with Gasteiger partial charge in [-0.1, -0.05) is 12.5 Å². The molecule has 1 N–H and O–H groups in total. The summed E-state index contributed by atoms with van der Waals surface area (Å²) in [5.41, 5.74) is 1.29. The zero-order valence-corrected chi connectivity index (χ0v) is 12.8. The second-order valence-corrected chi connectivity index (χ2v) is 6.99. The monoisotopic (exact) mass is 287 g/mol. The van der Waals surface area contributed by atoms with Crippen molar-refractivity contribution in [2.45, 2.75) is 45.2 Å². The van der Waals surface area contributed by atoms with Gasteiger partial charge in [0.2, 0.25) is 0 Å². The highest BCUT2D eigenvalue weighted by molar-refractivity contribution is 5.43. The number of hydrogen-bond acceptors (Lipinski definition) is 3. The van der Waals surface area contributed by atoms with Gasteiger partial charge >= 0.3 is 0 Å². The molecule has 3 aliphatic rings. The lowest BCUT2D eigenvalue weighted by Gasteiger charge is -2.29. The van der Waals surface area contributed by atoms with Gasteiger partial charge in [-0.15, -0.1) is 0 Å². The van der Waals surface area contributed by atoms with Crippen molar-refractivity contribution in [3.05, 3.63) is 23.8 Å². The predicted octanol–water partition coefficient (Wildman–Crippen LogP) is 3.37. The molecule has 3 nitrogen and oxygen atoms in total. The lowest BCUT2D eigenvalue weighted by Crippen LogP contribution is -2.35. The first-order chi connectivity index (χ1) is 10.3.